The number of hydrogen-bond donors (Lipinski definition) is 1. The maximum Gasteiger partial charge on any atom is 0.232 e. The summed E-state index contributed by atoms with van der Waals surface area (Å²) in [4.78, 5) is 4.35. The van der Waals surface area contributed by atoms with E-state index in [1.54, 1.807) is 14.0 Å². The molecular formula is C12H22N2O3. The van der Waals surface area contributed by atoms with E-state index in [4.69, 9.17) is 9.26 Å². The average molecular weight is 242 g/mol. The fourth-order valence-electron chi connectivity index (χ4n) is 1.72. The number of aromatic nitrogens is 2. The fraction of sp³-hybridized carbons (Fsp3) is 0.833. The van der Waals surface area contributed by atoms with Crippen LogP contribution < -0.4 is 0 Å². The van der Waals surface area contributed by atoms with Crippen LogP contribution in [0, 0.1) is 0 Å². The summed E-state index contributed by atoms with van der Waals surface area (Å²) in [6.07, 6.45) is 1.02. The summed E-state index contributed by atoms with van der Waals surface area (Å²) >= 11 is 0. The van der Waals surface area contributed by atoms with E-state index in [1.165, 1.54) is 0 Å². The van der Waals surface area contributed by atoms with Crippen molar-refractivity contribution in [2.75, 3.05) is 7.11 Å². The number of aliphatic hydroxyl groups excluding tert-OH is 1. The lowest BCUT2D eigenvalue weighted by atomic mass is 10.00. The lowest BCUT2D eigenvalue weighted by Crippen LogP contribution is -2.25. The summed E-state index contributed by atoms with van der Waals surface area (Å²) in [5.41, 5.74) is -0.529. The highest BCUT2D eigenvalue weighted by atomic mass is 16.5. The van der Waals surface area contributed by atoms with Gasteiger partial charge in [-0.3, -0.25) is 0 Å². The molecule has 0 aliphatic heterocycles. The Hall–Kier alpha value is -0.940. The van der Waals surface area contributed by atoms with Crippen molar-refractivity contribution in [3.8, 4) is 0 Å². The van der Waals surface area contributed by atoms with Gasteiger partial charge >= 0.3 is 0 Å². The van der Waals surface area contributed by atoms with Crippen LogP contribution in [0.4, 0.5) is 0 Å². The Morgan fingerprint density at radius 2 is 2.12 bits per heavy atom. The lowest BCUT2D eigenvalue weighted by molar-refractivity contribution is -0.0106. The molecule has 0 saturated carbocycles. The summed E-state index contributed by atoms with van der Waals surface area (Å²) < 4.78 is 10.6. The fourth-order valence-corrected chi connectivity index (χ4v) is 1.72. The number of hydrogen-bond acceptors (Lipinski definition) is 5. The van der Waals surface area contributed by atoms with Crippen molar-refractivity contribution in [2.24, 2.45) is 0 Å². The molecule has 0 aromatic carbocycles. The van der Waals surface area contributed by atoms with Gasteiger partial charge in [-0.2, -0.15) is 4.98 Å². The minimum atomic E-state index is -0.529. The molecule has 0 amide bonds. The summed E-state index contributed by atoms with van der Waals surface area (Å²) in [7, 11) is 1.63. The minimum absolute atomic E-state index is 0.116. The number of nitrogens with zero attached hydrogens (tertiary/aromatic N) is 2. The molecule has 0 spiro atoms. The van der Waals surface area contributed by atoms with Gasteiger partial charge in [0.25, 0.3) is 0 Å². The molecule has 0 fully saturated rings. The molecule has 3 unspecified atom stereocenters. The molecule has 0 aliphatic rings. The van der Waals surface area contributed by atoms with Crippen LogP contribution in [0.1, 0.15) is 58.2 Å². The summed E-state index contributed by atoms with van der Waals surface area (Å²) in [5, 5.41) is 13.6. The van der Waals surface area contributed by atoms with E-state index >= 15 is 0 Å². The van der Waals surface area contributed by atoms with E-state index in [2.05, 4.69) is 10.1 Å². The van der Waals surface area contributed by atoms with Gasteiger partial charge in [0.2, 0.25) is 11.7 Å². The second kappa shape index (κ2) is 5.60. The first-order valence-corrected chi connectivity index (χ1v) is 6.05. The molecule has 0 saturated heterocycles. The van der Waals surface area contributed by atoms with Crippen LogP contribution in [0.15, 0.2) is 4.52 Å². The predicted molar refractivity (Wildman–Crippen MR) is 63.7 cm³/mol. The molecule has 0 bridgehead atoms. The summed E-state index contributed by atoms with van der Waals surface area (Å²) in [6, 6.07) is 0. The normalized spacial score (nSPS) is 18.7. The van der Waals surface area contributed by atoms with E-state index in [0.29, 0.717) is 11.7 Å². The van der Waals surface area contributed by atoms with Gasteiger partial charge in [0.1, 0.15) is 5.60 Å². The van der Waals surface area contributed by atoms with Gasteiger partial charge in [-0.25, -0.2) is 0 Å². The SMILES string of the molecule is CCC(c1nc(C(C)(CC)OC)no1)C(C)O. The third-order valence-electron chi connectivity index (χ3n) is 3.38. The first-order valence-electron chi connectivity index (χ1n) is 6.05. The van der Waals surface area contributed by atoms with Crippen molar-refractivity contribution in [1.29, 1.82) is 0 Å². The highest BCUT2D eigenvalue weighted by molar-refractivity contribution is 5.02. The molecule has 17 heavy (non-hydrogen) atoms. The van der Waals surface area contributed by atoms with Crippen molar-refractivity contribution in [3.63, 3.8) is 0 Å². The molecular weight excluding hydrogens is 220 g/mol. The quantitative estimate of drug-likeness (QED) is 0.828. The Balaban J connectivity index is 2.98. The topological polar surface area (TPSA) is 68.4 Å². The molecule has 5 heteroatoms. The van der Waals surface area contributed by atoms with Crippen LogP contribution in [0.25, 0.3) is 0 Å². The Labute approximate surface area is 102 Å². The van der Waals surface area contributed by atoms with Gasteiger partial charge in [-0.1, -0.05) is 19.0 Å². The van der Waals surface area contributed by atoms with Crippen LogP contribution in [0.5, 0.6) is 0 Å². The van der Waals surface area contributed by atoms with Crippen LogP contribution in [-0.2, 0) is 10.3 Å². The van der Waals surface area contributed by atoms with Gasteiger partial charge in [0, 0.05) is 7.11 Å². The van der Waals surface area contributed by atoms with Gasteiger partial charge in [-0.05, 0) is 26.7 Å². The van der Waals surface area contributed by atoms with E-state index in [9.17, 15) is 5.11 Å². The summed E-state index contributed by atoms with van der Waals surface area (Å²) in [6.45, 7) is 7.64. The van der Waals surface area contributed by atoms with E-state index < -0.39 is 11.7 Å². The van der Waals surface area contributed by atoms with Gasteiger partial charge < -0.3 is 14.4 Å². The second-order valence-electron chi connectivity index (χ2n) is 4.50. The molecule has 0 radical (unpaired) electrons. The molecule has 1 aromatic heterocycles. The van der Waals surface area contributed by atoms with Crippen molar-refractivity contribution in [3.05, 3.63) is 11.7 Å². The van der Waals surface area contributed by atoms with Gasteiger partial charge in [0.15, 0.2) is 0 Å². The number of ether oxygens (including phenoxy) is 1. The zero-order chi connectivity index (χ0) is 13.1. The van der Waals surface area contributed by atoms with Gasteiger partial charge in [-0.15, -0.1) is 0 Å². The summed E-state index contributed by atoms with van der Waals surface area (Å²) in [5.74, 6) is 0.903. The van der Waals surface area contributed by atoms with Crippen molar-refractivity contribution in [2.45, 2.75) is 58.2 Å². The van der Waals surface area contributed by atoms with Crippen LogP contribution in [0.3, 0.4) is 0 Å². The van der Waals surface area contributed by atoms with Gasteiger partial charge in [0.05, 0.1) is 12.0 Å². The molecule has 0 aliphatic carbocycles. The molecule has 3 atom stereocenters. The van der Waals surface area contributed by atoms with Crippen molar-refractivity contribution < 1.29 is 14.4 Å². The van der Waals surface area contributed by atoms with E-state index in [0.717, 1.165) is 12.8 Å². The molecule has 1 N–H and O–H groups in total. The average Bonchev–Trinajstić information content (AvgIpc) is 2.78. The number of methoxy groups -OCH3 is 1. The maximum absolute atomic E-state index is 9.63. The molecule has 1 aromatic rings. The van der Waals surface area contributed by atoms with Crippen LogP contribution >= 0.6 is 0 Å². The third kappa shape index (κ3) is 2.84. The molecule has 98 valence electrons. The molecule has 1 heterocycles. The second-order valence-corrected chi connectivity index (χ2v) is 4.50. The zero-order valence-electron chi connectivity index (χ0n) is 11.2. The first-order chi connectivity index (χ1) is 7.98. The standard InChI is InChI=1S/C12H22N2O3/c1-6-9(8(3)15)10-13-11(14-17-10)12(4,7-2)16-5/h8-9,15H,6-7H2,1-5H3. The molecule has 5 nitrogen and oxygen atoms in total. The highest BCUT2D eigenvalue weighted by Gasteiger charge is 2.32. The predicted octanol–water partition coefficient (Wildman–Crippen LogP) is 2.22. The monoisotopic (exact) mass is 242 g/mol. The minimum Gasteiger partial charge on any atom is -0.393 e. The van der Waals surface area contributed by atoms with Crippen molar-refractivity contribution in [1.82, 2.24) is 10.1 Å². The smallest absolute Gasteiger partial charge is 0.232 e. The molecule has 1 rings (SSSR count). The largest absolute Gasteiger partial charge is 0.393 e. The number of rotatable bonds is 6. The Kier molecular flexibility index (Phi) is 4.65. The maximum atomic E-state index is 9.63. The Bertz CT molecular complexity index is 345. The Morgan fingerprint density at radius 1 is 1.47 bits per heavy atom. The third-order valence-corrected chi connectivity index (χ3v) is 3.38. The van der Waals surface area contributed by atoms with Crippen molar-refractivity contribution >= 4 is 0 Å². The first kappa shape index (κ1) is 14.1. The number of aliphatic hydroxyl groups is 1. The van der Waals surface area contributed by atoms with Crippen LogP contribution in [-0.4, -0.2) is 28.5 Å². The lowest BCUT2D eigenvalue weighted by Gasteiger charge is -2.22. The highest BCUT2D eigenvalue weighted by Crippen LogP contribution is 2.28. The Morgan fingerprint density at radius 3 is 2.53 bits per heavy atom. The zero-order valence-corrected chi connectivity index (χ0v) is 11.2. The van der Waals surface area contributed by atoms with E-state index in [-0.39, 0.29) is 5.92 Å². The van der Waals surface area contributed by atoms with Crippen LogP contribution in [0.2, 0.25) is 0 Å². The van der Waals surface area contributed by atoms with E-state index in [1.807, 2.05) is 20.8 Å².